The number of piperazine rings is 1. The molecule has 0 radical (unpaired) electrons. The third-order valence-corrected chi connectivity index (χ3v) is 8.01. The van der Waals surface area contributed by atoms with E-state index in [9.17, 15) is 13.2 Å². The Hall–Kier alpha value is -1.15. The van der Waals surface area contributed by atoms with Crippen LogP contribution in [-0.2, 0) is 14.8 Å². The number of amides is 1. The maximum atomic E-state index is 12.8. The fourth-order valence-corrected chi connectivity index (χ4v) is 5.82. The van der Waals surface area contributed by atoms with Crippen LogP contribution in [0.1, 0.15) is 32.6 Å². The Morgan fingerprint density at radius 2 is 1.81 bits per heavy atom. The summed E-state index contributed by atoms with van der Waals surface area (Å²) in [6.07, 6.45) is 4.64. The van der Waals surface area contributed by atoms with Crippen LogP contribution in [0.5, 0.6) is 0 Å². The molecule has 2 fully saturated rings. The van der Waals surface area contributed by atoms with Gasteiger partial charge < -0.3 is 5.32 Å². The van der Waals surface area contributed by atoms with Crippen LogP contribution in [0.25, 0.3) is 0 Å². The van der Waals surface area contributed by atoms with Gasteiger partial charge in [0.15, 0.2) is 0 Å². The summed E-state index contributed by atoms with van der Waals surface area (Å²) in [5, 5.41) is 3.40. The van der Waals surface area contributed by atoms with Crippen LogP contribution in [-0.4, -0.2) is 62.3 Å². The molecule has 150 valence electrons. The van der Waals surface area contributed by atoms with Crippen LogP contribution >= 0.6 is 11.6 Å². The number of hydrogen-bond acceptors (Lipinski definition) is 4. The molecular weight excluding hydrogens is 386 g/mol. The number of benzene rings is 1. The van der Waals surface area contributed by atoms with Gasteiger partial charge in [0, 0.05) is 32.2 Å². The van der Waals surface area contributed by atoms with Gasteiger partial charge in [0.2, 0.25) is 15.9 Å². The molecule has 3 rings (SSSR count). The van der Waals surface area contributed by atoms with Gasteiger partial charge in [0.1, 0.15) is 4.90 Å². The topological polar surface area (TPSA) is 69.7 Å². The SMILES string of the molecule is C[C@H]1CCCC[C@H]1NC(=O)CN1CCN(S(=O)(=O)c2ccccc2Cl)CC1. The normalized spacial score (nSPS) is 25.3. The number of nitrogens with one attached hydrogen (secondary N) is 1. The number of halogens is 1. The molecule has 1 heterocycles. The van der Waals surface area contributed by atoms with Crippen LogP contribution in [0.4, 0.5) is 0 Å². The van der Waals surface area contributed by atoms with Gasteiger partial charge in [-0.25, -0.2) is 8.42 Å². The first-order valence-electron chi connectivity index (χ1n) is 9.64. The molecule has 0 bridgehead atoms. The van der Waals surface area contributed by atoms with Crippen LogP contribution < -0.4 is 5.32 Å². The predicted molar refractivity (Wildman–Crippen MR) is 106 cm³/mol. The highest BCUT2D eigenvalue weighted by Crippen LogP contribution is 2.25. The first kappa shape index (κ1) is 20.6. The first-order chi connectivity index (χ1) is 12.9. The van der Waals surface area contributed by atoms with E-state index in [1.807, 2.05) is 4.90 Å². The minimum absolute atomic E-state index is 0.0381. The maximum absolute atomic E-state index is 12.8. The summed E-state index contributed by atoms with van der Waals surface area (Å²) < 4.78 is 27.0. The lowest BCUT2D eigenvalue weighted by molar-refractivity contribution is -0.123. The average Bonchev–Trinajstić information content (AvgIpc) is 2.64. The third kappa shape index (κ3) is 5.02. The van der Waals surface area contributed by atoms with Crippen molar-refractivity contribution in [3.8, 4) is 0 Å². The zero-order chi connectivity index (χ0) is 19.4. The molecule has 1 amide bonds. The Kier molecular flexibility index (Phi) is 6.78. The van der Waals surface area contributed by atoms with E-state index in [1.54, 1.807) is 18.2 Å². The van der Waals surface area contributed by atoms with Gasteiger partial charge in [-0.05, 0) is 30.9 Å². The summed E-state index contributed by atoms with van der Waals surface area (Å²) >= 11 is 6.06. The van der Waals surface area contributed by atoms with Gasteiger partial charge in [-0.15, -0.1) is 0 Å². The highest BCUT2D eigenvalue weighted by molar-refractivity contribution is 7.89. The average molecular weight is 414 g/mol. The summed E-state index contributed by atoms with van der Waals surface area (Å²) in [5.74, 6) is 0.566. The van der Waals surface area contributed by atoms with Crippen molar-refractivity contribution in [2.45, 2.75) is 43.5 Å². The highest BCUT2D eigenvalue weighted by atomic mass is 35.5. The number of carbonyl (C=O) groups excluding carboxylic acids is 1. The molecule has 1 N–H and O–H groups in total. The van der Waals surface area contributed by atoms with Crippen molar-refractivity contribution in [2.75, 3.05) is 32.7 Å². The first-order valence-corrected chi connectivity index (χ1v) is 11.5. The van der Waals surface area contributed by atoms with E-state index in [0.717, 1.165) is 6.42 Å². The van der Waals surface area contributed by atoms with Gasteiger partial charge >= 0.3 is 0 Å². The Morgan fingerprint density at radius 3 is 2.48 bits per heavy atom. The number of sulfonamides is 1. The van der Waals surface area contributed by atoms with Crippen molar-refractivity contribution in [1.29, 1.82) is 0 Å². The molecule has 27 heavy (non-hydrogen) atoms. The van der Waals surface area contributed by atoms with Crippen molar-refractivity contribution >= 4 is 27.5 Å². The molecule has 1 aliphatic carbocycles. The molecule has 0 spiro atoms. The van der Waals surface area contributed by atoms with Crippen molar-refractivity contribution in [1.82, 2.24) is 14.5 Å². The monoisotopic (exact) mass is 413 g/mol. The second-order valence-corrected chi connectivity index (χ2v) is 9.86. The standard InChI is InChI=1S/C19H28ClN3O3S/c1-15-6-2-4-8-17(15)21-19(24)14-22-10-12-23(13-11-22)27(25,26)18-9-5-3-7-16(18)20/h3,5,7,9,15,17H,2,4,6,8,10-14H2,1H3,(H,21,24)/t15-,17+/m0/s1. The fourth-order valence-electron chi connectivity index (χ4n) is 3.91. The molecule has 0 unspecified atom stereocenters. The van der Waals surface area contributed by atoms with E-state index in [1.165, 1.54) is 29.6 Å². The molecule has 2 aliphatic rings. The van der Waals surface area contributed by atoms with E-state index in [2.05, 4.69) is 12.2 Å². The minimum Gasteiger partial charge on any atom is -0.352 e. The van der Waals surface area contributed by atoms with E-state index in [0.29, 0.717) is 38.6 Å². The smallest absolute Gasteiger partial charge is 0.244 e. The van der Waals surface area contributed by atoms with Crippen LogP contribution in [0.2, 0.25) is 5.02 Å². The van der Waals surface area contributed by atoms with Gasteiger partial charge in [-0.2, -0.15) is 4.31 Å². The van der Waals surface area contributed by atoms with Gasteiger partial charge in [-0.3, -0.25) is 9.69 Å². The maximum Gasteiger partial charge on any atom is 0.244 e. The number of nitrogens with zero attached hydrogens (tertiary/aromatic N) is 2. The van der Waals surface area contributed by atoms with E-state index >= 15 is 0 Å². The fraction of sp³-hybridized carbons (Fsp3) is 0.632. The Labute approximate surface area is 166 Å². The summed E-state index contributed by atoms with van der Waals surface area (Å²) in [4.78, 5) is 14.5. The van der Waals surface area contributed by atoms with E-state index in [-0.39, 0.29) is 21.9 Å². The van der Waals surface area contributed by atoms with Gasteiger partial charge in [0.25, 0.3) is 0 Å². The van der Waals surface area contributed by atoms with Crippen LogP contribution in [0.3, 0.4) is 0 Å². The molecule has 1 saturated heterocycles. The summed E-state index contributed by atoms with van der Waals surface area (Å²) in [7, 11) is -3.60. The van der Waals surface area contributed by atoms with Crippen LogP contribution in [0, 0.1) is 5.92 Å². The molecule has 1 aromatic carbocycles. The molecule has 1 aliphatic heterocycles. The van der Waals surface area contributed by atoms with Gasteiger partial charge in [0.05, 0.1) is 11.6 Å². The molecule has 0 aromatic heterocycles. The zero-order valence-electron chi connectivity index (χ0n) is 15.7. The highest BCUT2D eigenvalue weighted by Gasteiger charge is 2.31. The zero-order valence-corrected chi connectivity index (χ0v) is 17.3. The second kappa shape index (κ2) is 8.90. The molecule has 2 atom stereocenters. The third-order valence-electron chi connectivity index (χ3n) is 5.61. The Morgan fingerprint density at radius 1 is 1.15 bits per heavy atom. The Bertz CT molecular complexity index is 763. The quantitative estimate of drug-likeness (QED) is 0.804. The second-order valence-electron chi connectivity index (χ2n) is 7.55. The summed E-state index contributed by atoms with van der Waals surface area (Å²) in [6.45, 7) is 4.32. The van der Waals surface area contributed by atoms with E-state index in [4.69, 9.17) is 11.6 Å². The predicted octanol–water partition coefficient (Wildman–Crippen LogP) is 2.34. The van der Waals surface area contributed by atoms with Crippen molar-refractivity contribution < 1.29 is 13.2 Å². The molecule has 1 aromatic rings. The molecule has 1 saturated carbocycles. The molecule has 6 nitrogen and oxygen atoms in total. The van der Waals surface area contributed by atoms with Crippen LogP contribution in [0.15, 0.2) is 29.2 Å². The van der Waals surface area contributed by atoms with E-state index < -0.39 is 10.0 Å². The summed E-state index contributed by atoms with van der Waals surface area (Å²) in [6, 6.07) is 6.77. The number of hydrogen-bond donors (Lipinski definition) is 1. The lowest BCUT2D eigenvalue weighted by Gasteiger charge is -2.34. The number of rotatable bonds is 5. The number of carbonyl (C=O) groups is 1. The summed E-state index contributed by atoms with van der Waals surface area (Å²) in [5.41, 5.74) is 0. The molecular formula is C19H28ClN3O3S. The lowest BCUT2D eigenvalue weighted by atomic mass is 9.86. The van der Waals surface area contributed by atoms with Gasteiger partial charge in [-0.1, -0.05) is 43.5 Å². The lowest BCUT2D eigenvalue weighted by Crippen LogP contribution is -2.52. The molecule has 8 heteroatoms. The van der Waals surface area contributed by atoms with Crippen molar-refractivity contribution in [2.24, 2.45) is 5.92 Å². The largest absolute Gasteiger partial charge is 0.352 e. The minimum atomic E-state index is -3.60. The van der Waals surface area contributed by atoms with Crippen molar-refractivity contribution in [3.05, 3.63) is 29.3 Å². The van der Waals surface area contributed by atoms with Crippen molar-refractivity contribution in [3.63, 3.8) is 0 Å². The Balaban J connectivity index is 1.51.